The zero-order valence-corrected chi connectivity index (χ0v) is 10.3. The van der Waals surface area contributed by atoms with Crippen LogP contribution in [0.2, 0.25) is 0 Å². The van der Waals surface area contributed by atoms with Gasteiger partial charge in [0.1, 0.15) is 0 Å². The van der Waals surface area contributed by atoms with Crippen molar-refractivity contribution in [3.05, 3.63) is 24.3 Å². The molecule has 0 heterocycles. The smallest absolute Gasteiger partial charge is 0.228 e. The summed E-state index contributed by atoms with van der Waals surface area (Å²) in [6.07, 6.45) is 4.11. The third kappa shape index (κ3) is 1.39. The predicted octanol–water partition coefficient (Wildman–Crippen LogP) is 2.50. The predicted molar refractivity (Wildman–Crippen MR) is 70.8 cm³/mol. The molecule has 3 aliphatic carbocycles. The van der Waals surface area contributed by atoms with Crippen LogP contribution in [-0.4, -0.2) is 5.91 Å². The first kappa shape index (κ1) is 10.4. The number of nitrogens with one attached hydrogen (secondary N) is 1. The van der Waals surface area contributed by atoms with E-state index in [-0.39, 0.29) is 5.91 Å². The maximum atomic E-state index is 12.2. The topological polar surface area (TPSA) is 55.1 Å². The molecule has 0 aromatic heterocycles. The fourth-order valence-corrected chi connectivity index (χ4v) is 4.47. The molecule has 0 radical (unpaired) electrons. The summed E-state index contributed by atoms with van der Waals surface area (Å²) in [7, 11) is 0. The number of nitrogen functional groups attached to an aromatic ring is 1. The molecule has 1 amide bonds. The highest BCUT2D eigenvalue weighted by molar-refractivity contribution is 5.95. The van der Waals surface area contributed by atoms with Crippen molar-refractivity contribution in [3.63, 3.8) is 0 Å². The molecule has 3 heteroatoms. The molecule has 3 aliphatic rings. The van der Waals surface area contributed by atoms with E-state index in [1.165, 1.54) is 19.3 Å². The molecule has 0 saturated heterocycles. The minimum Gasteiger partial charge on any atom is -0.399 e. The van der Waals surface area contributed by atoms with Crippen LogP contribution in [0.3, 0.4) is 0 Å². The van der Waals surface area contributed by atoms with Gasteiger partial charge in [-0.2, -0.15) is 0 Å². The Balaban J connectivity index is 1.45. The van der Waals surface area contributed by atoms with Crippen molar-refractivity contribution in [3.8, 4) is 0 Å². The Bertz CT molecular complexity index is 480. The van der Waals surface area contributed by atoms with Gasteiger partial charge in [0.25, 0.3) is 0 Å². The maximum Gasteiger partial charge on any atom is 0.228 e. The third-order valence-corrected chi connectivity index (χ3v) is 5.22. The molecule has 4 rings (SSSR count). The highest BCUT2D eigenvalue weighted by atomic mass is 16.2. The van der Waals surface area contributed by atoms with Gasteiger partial charge >= 0.3 is 0 Å². The van der Waals surface area contributed by atoms with Crippen LogP contribution >= 0.6 is 0 Å². The molecule has 1 aromatic rings. The number of nitrogens with two attached hydrogens (primary N) is 1. The zero-order chi connectivity index (χ0) is 12.3. The average Bonchev–Trinajstić information content (AvgIpc) is 2.82. The van der Waals surface area contributed by atoms with Crippen LogP contribution in [-0.2, 0) is 4.79 Å². The zero-order valence-electron chi connectivity index (χ0n) is 10.3. The van der Waals surface area contributed by atoms with Crippen molar-refractivity contribution in [1.82, 2.24) is 0 Å². The molecular formula is C15H18N2O. The lowest BCUT2D eigenvalue weighted by atomic mass is 10.0. The number of anilines is 2. The first-order chi connectivity index (χ1) is 8.74. The van der Waals surface area contributed by atoms with Crippen molar-refractivity contribution < 1.29 is 4.79 Å². The van der Waals surface area contributed by atoms with Crippen LogP contribution in [0.1, 0.15) is 19.3 Å². The molecule has 3 nitrogen and oxygen atoms in total. The van der Waals surface area contributed by atoms with Crippen LogP contribution in [0.5, 0.6) is 0 Å². The Hall–Kier alpha value is -1.51. The fourth-order valence-electron chi connectivity index (χ4n) is 4.47. The lowest BCUT2D eigenvalue weighted by molar-refractivity contribution is -0.118. The molecular weight excluding hydrogens is 224 g/mol. The monoisotopic (exact) mass is 242 g/mol. The van der Waals surface area contributed by atoms with Gasteiger partial charge in [0.2, 0.25) is 5.91 Å². The summed E-state index contributed by atoms with van der Waals surface area (Å²) < 4.78 is 0. The second-order valence-corrected chi connectivity index (χ2v) is 6.12. The number of amides is 1. The molecule has 94 valence electrons. The summed E-state index contributed by atoms with van der Waals surface area (Å²) >= 11 is 0. The summed E-state index contributed by atoms with van der Waals surface area (Å²) in [5, 5.41) is 3.03. The number of hydrogen-bond donors (Lipinski definition) is 2. The minimum atomic E-state index is 0.228. The second kappa shape index (κ2) is 3.50. The van der Waals surface area contributed by atoms with Crippen LogP contribution in [0.15, 0.2) is 24.3 Å². The average molecular weight is 242 g/mol. The molecule has 4 unspecified atom stereocenters. The third-order valence-electron chi connectivity index (χ3n) is 5.22. The SMILES string of the molecule is Nc1ccc(NC(=O)C2C3C4CCC(C4)C23)cc1. The summed E-state index contributed by atoms with van der Waals surface area (Å²) in [5.74, 6) is 3.64. The molecule has 3 saturated carbocycles. The van der Waals surface area contributed by atoms with E-state index >= 15 is 0 Å². The fraction of sp³-hybridized carbons (Fsp3) is 0.533. The standard InChI is InChI=1S/C15H18N2O/c16-10-3-5-11(6-4-10)17-15(18)14-12-8-1-2-9(7-8)13(12)14/h3-6,8-9,12-14H,1-2,7,16H2,(H,17,18). The number of benzene rings is 1. The number of hydrogen-bond acceptors (Lipinski definition) is 2. The highest BCUT2D eigenvalue weighted by Gasteiger charge is 2.67. The van der Waals surface area contributed by atoms with Crippen LogP contribution in [0.25, 0.3) is 0 Å². The van der Waals surface area contributed by atoms with Crippen LogP contribution < -0.4 is 11.1 Å². The van der Waals surface area contributed by atoms with Gasteiger partial charge in [-0.3, -0.25) is 4.79 Å². The Labute approximate surface area is 107 Å². The van der Waals surface area contributed by atoms with Crippen molar-refractivity contribution in [1.29, 1.82) is 0 Å². The van der Waals surface area contributed by atoms with Gasteiger partial charge < -0.3 is 11.1 Å². The van der Waals surface area contributed by atoms with E-state index in [0.717, 1.165) is 23.2 Å². The second-order valence-electron chi connectivity index (χ2n) is 6.12. The van der Waals surface area contributed by atoms with E-state index in [9.17, 15) is 4.79 Å². The molecule has 3 N–H and O–H groups in total. The van der Waals surface area contributed by atoms with Crippen molar-refractivity contribution >= 4 is 17.3 Å². The Morgan fingerprint density at radius 3 is 2.33 bits per heavy atom. The molecule has 0 aliphatic heterocycles. The number of carbonyl (C=O) groups excluding carboxylic acids is 1. The van der Waals surface area contributed by atoms with E-state index in [1.54, 1.807) is 0 Å². The van der Waals surface area contributed by atoms with E-state index < -0.39 is 0 Å². The molecule has 18 heavy (non-hydrogen) atoms. The molecule has 4 atom stereocenters. The molecule has 1 aromatic carbocycles. The van der Waals surface area contributed by atoms with Crippen molar-refractivity contribution in [2.45, 2.75) is 19.3 Å². The van der Waals surface area contributed by atoms with Gasteiger partial charge in [0.15, 0.2) is 0 Å². The number of rotatable bonds is 2. The quantitative estimate of drug-likeness (QED) is 0.783. The molecule has 2 bridgehead atoms. The summed E-state index contributed by atoms with van der Waals surface area (Å²) in [6, 6.07) is 7.40. The van der Waals surface area contributed by atoms with Crippen LogP contribution in [0.4, 0.5) is 11.4 Å². The summed E-state index contributed by atoms with van der Waals surface area (Å²) in [6.45, 7) is 0. The summed E-state index contributed by atoms with van der Waals surface area (Å²) in [4.78, 5) is 12.2. The number of fused-ring (bicyclic) bond motifs is 5. The van der Waals surface area contributed by atoms with Gasteiger partial charge in [0, 0.05) is 17.3 Å². The highest BCUT2D eigenvalue weighted by Crippen LogP contribution is 2.69. The molecule has 3 fully saturated rings. The first-order valence-corrected chi connectivity index (χ1v) is 6.90. The van der Waals surface area contributed by atoms with Gasteiger partial charge in [-0.05, 0) is 67.2 Å². The Kier molecular flexibility index (Phi) is 2.02. The summed E-state index contributed by atoms with van der Waals surface area (Å²) in [5.41, 5.74) is 7.23. The lowest BCUT2D eigenvalue weighted by Crippen LogP contribution is -2.18. The van der Waals surface area contributed by atoms with Gasteiger partial charge in [0.05, 0.1) is 0 Å². The largest absolute Gasteiger partial charge is 0.399 e. The van der Waals surface area contributed by atoms with Gasteiger partial charge in [-0.15, -0.1) is 0 Å². The number of carbonyl (C=O) groups is 1. The van der Waals surface area contributed by atoms with Crippen molar-refractivity contribution in [2.75, 3.05) is 11.1 Å². The van der Waals surface area contributed by atoms with Gasteiger partial charge in [-0.1, -0.05) is 0 Å². The maximum absolute atomic E-state index is 12.2. The minimum absolute atomic E-state index is 0.228. The normalized spacial score (nSPS) is 39.4. The Morgan fingerprint density at radius 1 is 1.11 bits per heavy atom. The van der Waals surface area contributed by atoms with E-state index in [2.05, 4.69) is 5.32 Å². The van der Waals surface area contributed by atoms with Crippen molar-refractivity contribution in [2.24, 2.45) is 29.6 Å². The van der Waals surface area contributed by atoms with E-state index in [0.29, 0.717) is 17.8 Å². The van der Waals surface area contributed by atoms with Crippen LogP contribution in [0, 0.1) is 29.6 Å². The van der Waals surface area contributed by atoms with E-state index in [4.69, 9.17) is 5.73 Å². The Morgan fingerprint density at radius 2 is 1.72 bits per heavy atom. The molecule has 0 spiro atoms. The van der Waals surface area contributed by atoms with E-state index in [1.807, 2.05) is 24.3 Å². The van der Waals surface area contributed by atoms with Gasteiger partial charge in [-0.25, -0.2) is 0 Å². The first-order valence-electron chi connectivity index (χ1n) is 6.90. The lowest BCUT2D eigenvalue weighted by Gasteiger charge is -2.09.